The maximum absolute atomic E-state index is 15.5. The average molecular weight is 795 g/mol. The van der Waals surface area contributed by atoms with Crippen molar-refractivity contribution < 1.29 is 27.9 Å². The number of aromatic nitrogens is 4. The fraction of sp³-hybridized carbons (Fsp3) is 0.450. The van der Waals surface area contributed by atoms with Gasteiger partial charge in [0.25, 0.3) is 11.8 Å². The number of rotatable bonds is 18. The Kier molecular flexibility index (Phi) is 15.1. The molecule has 0 bridgehead atoms. The third-order valence-corrected chi connectivity index (χ3v) is 10.5. The van der Waals surface area contributed by atoms with Crippen molar-refractivity contribution in [1.29, 1.82) is 0 Å². The molecule has 0 unspecified atom stereocenters. The van der Waals surface area contributed by atoms with Crippen LogP contribution in [0.15, 0.2) is 42.7 Å². The molecule has 301 valence electrons. The van der Waals surface area contributed by atoms with Crippen molar-refractivity contribution in [2.75, 3.05) is 58.3 Å². The number of hydrogen-bond acceptors (Lipinski definition) is 8. The highest BCUT2D eigenvalue weighted by Crippen LogP contribution is 2.33. The molecule has 0 atom stereocenters. The van der Waals surface area contributed by atoms with Gasteiger partial charge in [-0.1, -0.05) is 17.7 Å². The van der Waals surface area contributed by atoms with Crippen LogP contribution in [0.3, 0.4) is 0 Å². The molecule has 4 aromatic rings. The highest BCUT2D eigenvalue weighted by atomic mass is 35.5. The fourth-order valence-corrected chi connectivity index (χ4v) is 7.21. The molecule has 3 amide bonds. The van der Waals surface area contributed by atoms with Crippen molar-refractivity contribution >= 4 is 35.0 Å². The van der Waals surface area contributed by atoms with E-state index in [0.29, 0.717) is 75.8 Å². The molecule has 1 aliphatic rings. The highest BCUT2D eigenvalue weighted by Gasteiger charge is 2.27. The number of nitrogens with zero attached hydrogens (tertiary/aromatic N) is 6. The van der Waals surface area contributed by atoms with Crippen molar-refractivity contribution in [3.8, 4) is 22.4 Å². The zero-order valence-electron chi connectivity index (χ0n) is 32.3. The number of benzene rings is 2. The summed E-state index contributed by atoms with van der Waals surface area (Å²) >= 11 is 6.55. The lowest BCUT2D eigenvalue weighted by Gasteiger charge is -2.35. The van der Waals surface area contributed by atoms with Crippen LogP contribution in [-0.2, 0) is 23.1 Å². The number of piperazine rings is 1. The molecule has 0 aliphatic carbocycles. The molecule has 5 rings (SSSR count). The number of ether oxygens (including phenoxy) is 1. The molecular formula is C40H51ClF2N9O4. The number of nitrogens with two attached hydrogens (primary N) is 2. The van der Waals surface area contributed by atoms with E-state index in [4.69, 9.17) is 27.8 Å². The first-order chi connectivity index (χ1) is 27.0. The van der Waals surface area contributed by atoms with Crippen LogP contribution < -0.4 is 16.8 Å². The lowest BCUT2D eigenvalue weighted by Crippen LogP contribution is -2.50. The first-order valence-electron chi connectivity index (χ1n) is 18.9. The quantitative estimate of drug-likeness (QED) is 0.117. The van der Waals surface area contributed by atoms with Crippen molar-refractivity contribution in [3.63, 3.8) is 0 Å². The zero-order chi connectivity index (χ0) is 40.4. The van der Waals surface area contributed by atoms with Crippen LogP contribution in [0.25, 0.3) is 22.4 Å². The first kappa shape index (κ1) is 42.4. The predicted octanol–water partition coefficient (Wildman–Crippen LogP) is 5.60. The Labute approximate surface area is 331 Å². The number of carbonyl (C=O) groups is 3. The van der Waals surface area contributed by atoms with E-state index in [9.17, 15) is 14.4 Å². The average Bonchev–Trinajstić information content (AvgIpc) is 3.76. The minimum Gasteiger partial charge on any atom is -0.383 e. The maximum atomic E-state index is 15.5. The third-order valence-electron chi connectivity index (χ3n) is 10.2. The molecule has 1 radical (unpaired) electrons. The normalized spacial score (nSPS) is 13.2. The SMILES string of the molecule is COCCn1ncc(-c2ccc(-c3cnc(C(=O)Nc4ccc(C(=O)N5CCN(C(=O)CCC[C](CCCN)CCCN)CC5)c(Cl)c4)n3C)c(F)c2F)c1C. The molecule has 2 aromatic heterocycles. The monoisotopic (exact) mass is 794 g/mol. The summed E-state index contributed by atoms with van der Waals surface area (Å²) in [5.41, 5.74) is 13.2. The standard InChI is InChI=1S/C40H51ClF2N9O4/c1-26-32(24-47-52(26)21-22-56-3)29-13-14-31(37(43)36(29)42)34-25-46-38(49(34)2)39(54)48-28-11-12-30(33(41)23-28)40(55)51-19-17-50(18-20-51)35(53)10-4-7-27(8-5-15-44)9-6-16-45/h11-14,23-25H,4-10,15-22,44-45H2,1-3H3,(H,48,54). The molecule has 2 aromatic carbocycles. The van der Waals surface area contributed by atoms with Gasteiger partial charge in [-0.15, -0.1) is 0 Å². The number of anilines is 1. The van der Waals surface area contributed by atoms with E-state index in [1.165, 1.54) is 54.2 Å². The second-order valence-corrected chi connectivity index (χ2v) is 14.3. The van der Waals surface area contributed by atoms with Crippen LogP contribution in [0.4, 0.5) is 14.5 Å². The molecule has 13 nitrogen and oxygen atoms in total. The molecule has 56 heavy (non-hydrogen) atoms. The van der Waals surface area contributed by atoms with Gasteiger partial charge in [-0.3, -0.25) is 19.1 Å². The Morgan fingerprint density at radius 1 is 0.875 bits per heavy atom. The smallest absolute Gasteiger partial charge is 0.291 e. The number of imidazole rings is 1. The molecule has 5 N–H and O–H groups in total. The Hall–Kier alpha value is -4.70. The van der Waals surface area contributed by atoms with Crippen LogP contribution in [0.2, 0.25) is 5.02 Å². The summed E-state index contributed by atoms with van der Waals surface area (Å²) < 4.78 is 39.1. The second-order valence-electron chi connectivity index (χ2n) is 13.9. The van der Waals surface area contributed by atoms with Crippen molar-refractivity contribution in [1.82, 2.24) is 29.1 Å². The van der Waals surface area contributed by atoms with Gasteiger partial charge in [-0.2, -0.15) is 5.10 Å². The minimum atomic E-state index is -1.09. The van der Waals surface area contributed by atoms with Gasteiger partial charge in [0, 0.05) is 74.8 Å². The molecule has 0 saturated carbocycles. The van der Waals surface area contributed by atoms with E-state index >= 15 is 8.78 Å². The number of carbonyl (C=O) groups excluding carboxylic acids is 3. The van der Waals surface area contributed by atoms with E-state index in [2.05, 4.69) is 15.4 Å². The van der Waals surface area contributed by atoms with Gasteiger partial charge in [-0.25, -0.2) is 13.8 Å². The largest absolute Gasteiger partial charge is 0.383 e. The van der Waals surface area contributed by atoms with Crippen LogP contribution >= 0.6 is 11.6 Å². The molecule has 0 spiro atoms. The van der Waals surface area contributed by atoms with Crippen LogP contribution in [-0.4, -0.2) is 99.8 Å². The van der Waals surface area contributed by atoms with Crippen molar-refractivity contribution in [2.45, 2.75) is 58.4 Å². The Morgan fingerprint density at radius 2 is 1.52 bits per heavy atom. The van der Waals surface area contributed by atoms with Crippen LogP contribution in [0, 0.1) is 24.5 Å². The Morgan fingerprint density at radius 3 is 2.18 bits per heavy atom. The summed E-state index contributed by atoms with van der Waals surface area (Å²) in [7, 11) is 3.10. The van der Waals surface area contributed by atoms with E-state index in [0.717, 1.165) is 38.5 Å². The maximum Gasteiger partial charge on any atom is 0.291 e. The van der Waals surface area contributed by atoms with Gasteiger partial charge in [0.1, 0.15) is 0 Å². The van der Waals surface area contributed by atoms with Gasteiger partial charge >= 0.3 is 0 Å². The van der Waals surface area contributed by atoms with Crippen molar-refractivity contribution in [2.24, 2.45) is 18.5 Å². The number of nitrogens with one attached hydrogen (secondary N) is 1. The molecule has 1 aliphatic heterocycles. The lowest BCUT2D eigenvalue weighted by atomic mass is 9.92. The molecular weight excluding hydrogens is 744 g/mol. The number of amides is 3. The third kappa shape index (κ3) is 9.99. The summed E-state index contributed by atoms with van der Waals surface area (Å²) in [5, 5.41) is 7.12. The van der Waals surface area contributed by atoms with Crippen molar-refractivity contribution in [3.05, 3.63) is 82.4 Å². The van der Waals surface area contributed by atoms with Gasteiger partial charge in [0.05, 0.1) is 41.8 Å². The summed E-state index contributed by atoms with van der Waals surface area (Å²) in [6, 6.07) is 7.48. The van der Waals surface area contributed by atoms with E-state index < -0.39 is 17.5 Å². The van der Waals surface area contributed by atoms with E-state index in [-0.39, 0.29) is 45.0 Å². The molecule has 16 heteroatoms. The number of methoxy groups -OCH3 is 1. The summed E-state index contributed by atoms with van der Waals surface area (Å²) in [5.74, 6) is -1.58. The van der Waals surface area contributed by atoms with Gasteiger partial charge < -0.3 is 35.9 Å². The van der Waals surface area contributed by atoms with Crippen LogP contribution in [0.1, 0.15) is 71.6 Å². The van der Waals surface area contributed by atoms with Crippen LogP contribution in [0.5, 0.6) is 0 Å². The molecule has 1 saturated heterocycles. The Balaban J connectivity index is 1.16. The van der Waals surface area contributed by atoms with Gasteiger partial charge in [0.15, 0.2) is 17.5 Å². The van der Waals surface area contributed by atoms with Gasteiger partial charge in [0.2, 0.25) is 5.91 Å². The Bertz CT molecular complexity index is 1990. The van der Waals surface area contributed by atoms with E-state index in [1.54, 1.807) is 34.6 Å². The number of halogens is 3. The molecule has 1 fully saturated rings. The topological polar surface area (TPSA) is 167 Å². The van der Waals surface area contributed by atoms with Gasteiger partial charge in [-0.05, 0) is 88.7 Å². The fourth-order valence-electron chi connectivity index (χ4n) is 6.95. The second kappa shape index (κ2) is 19.9. The summed E-state index contributed by atoms with van der Waals surface area (Å²) in [6.07, 6.45) is 8.73. The predicted molar refractivity (Wildman–Crippen MR) is 212 cm³/mol. The molecule has 3 heterocycles. The summed E-state index contributed by atoms with van der Waals surface area (Å²) in [4.78, 5) is 47.3. The summed E-state index contributed by atoms with van der Waals surface area (Å²) in [6.45, 7) is 5.56. The first-order valence-corrected chi connectivity index (χ1v) is 19.3. The minimum absolute atomic E-state index is 0.0559. The van der Waals surface area contributed by atoms with E-state index in [1.807, 2.05) is 0 Å². The highest BCUT2D eigenvalue weighted by molar-refractivity contribution is 6.34. The zero-order valence-corrected chi connectivity index (χ0v) is 33.0. The number of hydrogen-bond donors (Lipinski definition) is 3. The lowest BCUT2D eigenvalue weighted by molar-refractivity contribution is -0.132.